The fourth-order valence-corrected chi connectivity index (χ4v) is 18.5. The molecule has 6 heteroatoms. The fraction of sp³-hybridized carbons (Fsp3) is 0.282. The molecule has 77 heavy (non-hydrogen) atoms. The van der Waals surface area contributed by atoms with Crippen LogP contribution in [-0.4, -0.2) is 28.7 Å². The zero-order chi connectivity index (χ0) is 50.1. The van der Waals surface area contributed by atoms with Gasteiger partial charge in [0.2, 0.25) is 0 Å². The maximum Gasteiger partial charge on any atom is 0.165 e. The summed E-state index contributed by atoms with van der Waals surface area (Å²) < 4.78 is 7.55. The smallest absolute Gasteiger partial charge is 0.165 e. The van der Waals surface area contributed by atoms with Crippen molar-refractivity contribution in [2.45, 2.75) is 87.9 Å². The molecule has 0 radical (unpaired) electrons. The maximum atomic E-state index is 6.03. The number of hydrogen-bond acceptors (Lipinski definition) is 3. The summed E-state index contributed by atoms with van der Waals surface area (Å²) in [6.07, 6.45) is 15.7. The molecule has 8 saturated carbocycles. The Morgan fingerprint density at radius 1 is 0.338 bits per heavy atom. The molecule has 8 bridgehead atoms. The highest BCUT2D eigenvalue weighted by molar-refractivity contribution is 6.26. The Bertz CT molecular complexity index is 4250. The molecule has 0 unspecified atom stereocenters. The molecule has 4 aromatic heterocycles. The van der Waals surface area contributed by atoms with Gasteiger partial charge in [-0.3, -0.25) is 0 Å². The molecule has 0 atom stereocenters. The summed E-state index contributed by atoms with van der Waals surface area (Å²) in [5.41, 5.74) is 14.1. The Kier molecular flexibility index (Phi) is 8.93. The van der Waals surface area contributed by atoms with Gasteiger partial charge >= 0.3 is 0 Å². The topological polar surface area (TPSA) is 53.5 Å². The third-order valence-corrected chi connectivity index (χ3v) is 20.7. The van der Waals surface area contributed by atoms with Gasteiger partial charge in [-0.05, 0) is 179 Å². The van der Waals surface area contributed by atoms with Crippen molar-refractivity contribution in [1.29, 1.82) is 0 Å². The van der Waals surface area contributed by atoms with Crippen LogP contribution in [0.3, 0.4) is 0 Å². The minimum Gasteiger partial charge on any atom is -0.309 e. The summed E-state index contributed by atoms with van der Waals surface area (Å²) >= 11 is 0. The normalized spacial score (nSPS) is 26.2. The Balaban J connectivity index is 0.936. The molecule has 20 rings (SSSR count). The van der Waals surface area contributed by atoms with Gasteiger partial charge in [0.25, 0.3) is 0 Å². The summed E-state index contributed by atoms with van der Waals surface area (Å²) in [7, 11) is 0. The lowest BCUT2D eigenvalue weighted by Gasteiger charge is -2.57. The summed E-state index contributed by atoms with van der Waals surface area (Å²) in [4.78, 5) is 18.0. The van der Waals surface area contributed by atoms with E-state index in [1.807, 2.05) is 0 Å². The Morgan fingerprint density at radius 3 is 1.35 bits per heavy atom. The van der Waals surface area contributed by atoms with E-state index in [0.29, 0.717) is 0 Å². The van der Waals surface area contributed by atoms with Crippen LogP contribution >= 0.6 is 0 Å². The molecule has 0 aliphatic heterocycles. The molecular weight excluding hydrogens is 937 g/mol. The number of rotatable bonds is 7. The van der Waals surface area contributed by atoms with Gasteiger partial charge in [0.1, 0.15) is 11.6 Å². The second-order valence-electron chi connectivity index (χ2n) is 25.2. The molecule has 0 spiro atoms. The zero-order valence-electron chi connectivity index (χ0n) is 43.5. The van der Waals surface area contributed by atoms with E-state index >= 15 is 0 Å². The van der Waals surface area contributed by atoms with Crippen molar-refractivity contribution in [3.63, 3.8) is 0 Å². The highest BCUT2D eigenvalue weighted by atomic mass is 15.1. The molecule has 4 heterocycles. The van der Waals surface area contributed by atoms with Gasteiger partial charge in [0, 0.05) is 60.0 Å². The molecular formula is C71H60N6. The lowest BCUT2D eigenvalue weighted by atomic mass is 9.49. The van der Waals surface area contributed by atoms with E-state index in [0.717, 1.165) is 81.2 Å². The standard InChI is InChI=1S/C71H60N6/c1-2-14-50(15-3-1)75-59-22-10-7-19-54(59)55-27-29-64-65(66(55)75)56-20-8-13-25-62(56)77(64)63-28-26-49(51-16-4-9-21-58(51)76-60-23-11-5-17-52(60)53-18-6-12-24-61(53)76)36-57(63)67-72-68(70-37-43-30-44(38-70)32-45(31-43)39-70)74-69(73-67)71-40-46-33-47(41-71)35-48(34-46)42-71/h1-29,36,43-48H,30-35,37-42H2. The molecule has 0 N–H and O–H groups in total. The largest absolute Gasteiger partial charge is 0.309 e. The molecule has 0 saturated heterocycles. The number of aromatic nitrogens is 6. The predicted octanol–water partition coefficient (Wildman–Crippen LogP) is 17.4. The minimum atomic E-state index is 0.00763. The number of hydrogen-bond donors (Lipinski definition) is 0. The van der Waals surface area contributed by atoms with Gasteiger partial charge in [0.05, 0.1) is 44.5 Å². The predicted molar refractivity (Wildman–Crippen MR) is 313 cm³/mol. The van der Waals surface area contributed by atoms with Gasteiger partial charge in [-0.25, -0.2) is 15.0 Å². The summed E-state index contributed by atoms with van der Waals surface area (Å²) in [6.45, 7) is 0. The first-order valence-corrected chi connectivity index (χ1v) is 29.0. The van der Waals surface area contributed by atoms with Crippen molar-refractivity contribution in [3.05, 3.63) is 194 Å². The molecule has 374 valence electrons. The van der Waals surface area contributed by atoms with Crippen molar-refractivity contribution in [2.24, 2.45) is 35.5 Å². The third-order valence-electron chi connectivity index (χ3n) is 20.7. The second-order valence-corrected chi connectivity index (χ2v) is 25.2. The van der Waals surface area contributed by atoms with Crippen molar-refractivity contribution >= 4 is 65.4 Å². The number of para-hydroxylation sites is 6. The van der Waals surface area contributed by atoms with E-state index in [4.69, 9.17) is 15.0 Å². The average Bonchev–Trinajstić information content (AvgIpc) is 4.24. The molecule has 8 aliphatic carbocycles. The average molecular weight is 997 g/mol. The second kappa shape index (κ2) is 15.9. The maximum absolute atomic E-state index is 6.03. The van der Waals surface area contributed by atoms with Crippen LogP contribution in [0.25, 0.3) is 105 Å². The zero-order valence-corrected chi connectivity index (χ0v) is 43.5. The van der Waals surface area contributed by atoms with Crippen molar-refractivity contribution in [1.82, 2.24) is 28.7 Å². The van der Waals surface area contributed by atoms with E-state index in [2.05, 4.69) is 196 Å². The number of benzene rings is 8. The summed E-state index contributed by atoms with van der Waals surface area (Å²) in [5.74, 6) is 7.76. The van der Waals surface area contributed by atoms with Crippen LogP contribution < -0.4 is 0 Å². The van der Waals surface area contributed by atoms with E-state index < -0.39 is 0 Å². The van der Waals surface area contributed by atoms with E-state index in [1.54, 1.807) is 0 Å². The van der Waals surface area contributed by atoms with Crippen molar-refractivity contribution in [3.8, 4) is 39.6 Å². The summed E-state index contributed by atoms with van der Waals surface area (Å²) in [6, 6.07) is 67.9. The lowest BCUT2D eigenvalue weighted by molar-refractivity contribution is -0.0155. The molecule has 8 fully saturated rings. The number of fused-ring (bicyclic) bond motifs is 10. The van der Waals surface area contributed by atoms with Crippen LogP contribution in [0.15, 0.2) is 182 Å². The van der Waals surface area contributed by atoms with Crippen LogP contribution in [-0.2, 0) is 10.8 Å². The SMILES string of the molecule is c1ccc(-n2c3ccccc3c3ccc4c(c5ccccc5n4-c4ccc(-c5ccccc5-n5c6ccccc6c6ccccc65)cc4-c4nc(C56CC7CC(CC(C7)C5)C6)nc(C56CC7CC(CC(C7)C5)C6)n4)c32)cc1. The monoisotopic (exact) mass is 996 g/mol. The lowest BCUT2D eigenvalue weighted by Crippen LogP contribution is -2.51. The first kappa shape index (κ1) is 43.3. The van der Waals surface area contributed by atoms with Gasteiger partial charge in [0.15, 0.2) is 5.82 Å². The molecule has 12 aromatic rings. The number of nitrogens with zero attached hydrogens (tertiary/aromatic N) is 6. The molecule has 0 amide bonds. The Hall–Kier alpha value is -7.83. The quantitative estimate of drug-likeness (QED) is 0.160. The van der Waals surface area contributed by atoms with Crippen LogP contribution in [0.1, 0.15) is 88.7 Å². The first-order valence-electron chi connectivity index (χ1n) is 29.0. The molecule has 8 aromatic carbocycles. The van der Waals surface area contributed by atoms with Crippen molar-refractivity contribution < 1.29 is 0 Å². The molecule has 8 aliphatic rings. The first-order chi connectivity index (χ1) is 38.0. The summed E-state index contributed by atoms with van der Waals surface area (Å²) in [5, 5.41) is 7.54. The van der Waals surface area contributed by atoms with Crippen LogP contribution in [0.4, 0.5) is 0 Å². The van der Waals surface area contributed by atoms with Crippen LogP contribution in [0.5, 0.6) is 0 Å². The van der Waals surface area contributed by atoms with E-state index in [1.165, 1.54) is 148 Å². The van der Waals surface area contributed by atoms with Crippen LogP contribution in [0.2, 0.25) is 0 Å². The van der Waals surface area contributed by atoms with E-state index in [-0.39, 0.29) is 10.8 Å². The Labute approximate surface area is 448 Å². The third kappa shape index (κ3) is 6.21. The molecule has 6 nitrogen and oxygen atoms in total. The fourth-order valence-electron chi connectivity index (χ4n) is 18.5. The van der Waals surface area contributed by atoms with Gasteiger partial charge < -0.3 is 13.7 Å². The van der Waals surface area contributed by atoms with Crippen LogP contribution in [0, 0.1) is 35.5 Å². The minimum absolute atomic E-state index is 0.00763. The van der Waals surface area contributed by atoms with Gasteiger partial charge in [-0.1, -0.05) is 121 Å². The van der Waals surface area contributed by atoms with Gasteiger partial charge in [-0.2, -0.15) is 0 Å². The van der Waals surface area contributed by atoms with Crippen molar-refractivity contribution in [2.75, 3.05) is 0 Å². The highest BCUT2D eigenvalue weighted by Gasteiger charge is 2.56. The van der Waals surface area contributed by atoms with Gasteiger partial charge in [-0.15, -0.1) is 0 Å². The Morgan fingerprint density at radius 2 is 0.779 bits per heavy atom. The highest BCUT2D eigenvalue weighted by Crippen LogP contribution is 2.63. The van der Waals surface area contributed by atoms with E-state index in [9.17, 15) is 0 Å².